The number of carbonyl (C=O) groups excluding carboxylic acids is 1. The third-order valence-electron chi connectivity index (χ3n) is 4.19. The Kier molecular flexibility index (Phi) is 3.69. The van der Waals surface area contributed by atoms with Crippen molar-refractivity contribution >= 4 is 32.7 Å². The van der Waals surface area contributed by atoms with Crippen LogP contribution in [0.5, 0.6) is 0 Å². The number of nitrogens with zero attached hydrogens (tertiary/aromatic N) is 3. The minimum atomic E-state index is -3.22. The Bertz CT molecular complexity index is 1040. The van der Waals surface area contributed by atoms with E-state index in [4.69, 9.17) is 0 Å². The van der Waals surface area contributed by atoms with Crippen LogP contribution < -0.4 is 9.73 Å². The molecule has 4 rings (SSSR count). The minimum Gasteiger partial charge on any atom is -0.270 e. The molecule has 2 heterocycles. The second kappa shape index (κ2) is 5.89. The Hall–Kier alpha value is -2.87. The molecule has 3 aromatic rings. The standard InChI is InChI=1S/C17H16N4O3S/c22-17(19-20-12-18-15-4-1-2-5-16(15)20)13-6-8-14(9-7-13)21-10-3-11-25(21,23)24/h1-2,4-9,12H,3,10-11H2,(H,19,22). The quantitative estimate of drug-likeness (QED) is 0.777. The van der Waals surface area contributed by atoms with Gasteiger partial charge in [0.15, 0.2) is 0 Å². The summed E-state index contributed by atoms with van der Waals surface area (Å²) in [4.78, 5) is 16.6. The first-order chi connectivity index (χ1) is 12.0. The fourth-order valence-corrected chi connectivity index (χ4v) is 4.50. The van der Waals surface area contributed by atoms with Crippen LogP contribution in [-0.2, 0) is 10.0 Å². The number of amides is 1. The van der Waals surface area contributed by atoms with Crippen molar-refractivity contribution in [1.82, 2.24) is 9.66 Å². The zero-order chi connectivity index (χ0) is 17.4. The van der Waals surface area contributed by atoms with Gasteiger partial charge < -0.3 is 0 Å². The van der Waals surface area contributed by atoms with Gasteiger partial charge in [-0.25, -0.2) is 18.1 Å². The van der Waals surface area contributed by atoms with Crippen molar-refractivity contribution in [1.29, 1.82) is 0 Å². The van der Waals surface area contributed by atoms with Crippen LogP contribution in [0.15, 0.2) is 54.9 Å². The van der Waals surface area contributed by atoms with E-state index in [1.165, 1.54) is 4.31 Å². The van der Waals surface area contributed by atoms with E-state index in [-0.39, 0.29) is 11.7 Å². The van der Waals surface area contributed by atoms with Crippen molar-refractivity contribution in [3.63, 3.8) is 0 Å². The van der Waals surface area contributed by atoms with Crippen LogP contribution in [0.1, 0.15) is 16.8 Å². The third kappa shape index (κ3) is 2.85. The second-order valence-electron chi connectivity index (χ2n) is 5.83. The molecule has 1 aromatic heterocycles. The summed E-state index contributed by atoms with van der Waals surface area (Å²) in [5, 5.41) is 0. The Morgan fingerprint density at radius 3 is 2.56 bits per heavy atom. The average molecular weight is 356 g/mol. The van der Waals surface area contributed by atoms with Gasteiger partial charge in [0.1, 0.15) is 6.33 Å². The number of sulfonamides is 1. The Morgan fingerprint density at radius 1 is 1.08 bits per heavy atom. The topological polar surface area (TPSA) is 84.3 Å². The van der Waals surface area contributed by atoms with Crippen molar-refractivity contribution < 1.29 is 13.2 Å². The molecular weight excluding hydrogens is 340 g/mol. The predicted octanol–water partition coefficient (Wildman–Crippen LogP) is 1.96. The number of hydrogen-bond donors (Lipinski definition) is 1. The van der Waals surface area contributed by atoms with Crippen LogP contribution in [0.4, 0.5) is 5.69 Å². The van der Waals surface area contributed by atoms with Gasteiger partial charge >= 0.3 is 0 Å². The Balaban J connectivity index is 1.55. The monoisotopic (exact) mass is 356 g/mol. The summed E-state index contributed by atoms with van der Waals surface area (Å²) < 4.78 is 26.9. The molecule has 1 aliphatic heterocycles. The van der Waals surface area contributed by atoms with Gasteiger partial charge in [0.25, 0.3) is 5.91 Å². The molecule has 0 radical (unpaired) electrons. The average Bonchev–Trinajstić information content (AvgIpc) is 3.18. The summed E-state index contributed by atoms with van der Waals surface area (Å²) in [6, 6.07) is 14.0. The molecule has 1 N–H and O–H groups in total. The number of aromatic nitrogens is 2. The number of imidazole rings is 1. The maximum Gasteiger partial charge on any atom is 0.270 e. The number of benzene rings is 2. The highest BCUT2D eigenvalue weighted by atomic mass is 32.2. The number of rotatable bonds is 3. The largest absolute Gasteiger partial charge is 0.270 e. The lowest BCUT2D eigenvalue weighted by Crippen LogP contribution is -2.25. The highest BCUT2D eigenvalue weighted by Gasteiger charge is 2.28. The van der Waals surface area contributed by atoms with Gasteiger partial charge in [-0.05, 0) is 42.8 Å². The Labute approximate surface area is 144 Å². The van der Waals surface area contributed by atoms with Gasteiger partial charge in [0.05, 0.1) is 22.5 Å². The maximum atomic E-state index is 12.4. The summed E-state index contributed by atoms with van der Waals surface area (Å²) in [6.45, 7) is 0.481. The molecule has 0 bridgehead atoms. The smallest absolute Gasteiger partial charge is 0.270 e. The van der Waals surface area contributed by atoms with Crippen LogP contribution >= 0.6 is 0 Å². The van der Waals surface area contributed by atoms with Crippen molar-refractivity contribution in [3.05, 3.63) is 60.4 Å². The molecule has 7 nitrogen and oxygen atoms in total. The summed E-state index contributed by atoms with van der Waals surface area (Å²) in [5.74, 6) is -0.123. The highest BCUT2D eigenvalue weighted by molar-refractivity contribution is 7.93. The van der Waals surface area contributed by atoms with Crippen LogP contribution in [-0.4, -0.2) is 36.3 Å². The van der Waals surface area contributed by atoms with Gasteiger partial charge in [-0.2, -0.15) is 0 Å². The highest BCUT2D eigenvalue weighted by Crippen LogP contribution is 2.24. The van der Waals surface area contributed by atoms with E-state index >= 15 is 0 Å². The molecule has 0 unspecified atom stereocenters. The zero-order valence-electron chi connectivity index (χ0n) is 13.3. The van der Waals surface area contributed by atoms with Gasteiger partial charge in [0.2, 0.25) is 10.0 Å². The van der Waals surface area contributed by atoms with E-state index in [9.17, 15) is 13.2 Å². The Morgan fingerprint density at radius 2 is 1.84 bits per heavy atom. The van der Waals surface area contributed by atoms with Gasteiger partial charge in [-0.3, -0.25) is 14.5 Å². The van der Waals surface area contributed by atoms with Crippen LogP contribution in [0.3, 0.4) is 0 Å². The zero-order valence-corrected chi connectivity index (χ0v) is 14.1. The fourth-order valence-electron chi connectivity index (χ4n) is 2.93. The van der Waals surface area contributed by atoms with Crippen LogP contribution in [0.2, 0.25) is 0 Å². The molecule has 25 heavy (non-hydrogen) atoms. The van der Waals surface area contributed by atoms with E-state index in [1.54, 1.807) is 35.3 Å². The number of fused-ring (bicyclic) bond motifs is 1. The number of carbonyl (C=O) groups is 1. The van der Waals surface area contributed by atoms with E-state index < -0.39 is 10.0 Å². The number of hydrogen-bond acceptors (Lipinski definition) is 4. The summed E-state index contributed by atoms with van der Waals surface area (Å²) in [7, 11) is -3.22. The lowest BCUT2D eigenvalue weighted by atomic mass is 10.2. The molecule has 0 saturated carbocycles. The number of nitrogens with one attached hydrogen (secondary N) is 1. The van der Waals surface area contributed by atoms with Crippen LogP contribution in [0.25, 0.3) is 11.0 Å². The van der Waals surface area contributed by atoms with E-state index in [2.05, 4.69) is 10.4 Å². The van der Waals surface area contributed by atoms with Gasteiger partial charge in [-0.1, -0.05) is 12.1 Å². The summed E-state index contributed by atoms with van der Waals surface area (Å²) >= 11 is 0. The molecule has 8 heteroatoms. The summed E-state index contributed by atoms with van der Waals surface area (Å²) in [6.07, 6.45) is 2.17. The fraction of sp³-hybridized carbons (Fsp3) is 0.176. The third-order valence-corrected chi connectivity index (χ3v) is 6.06. The molecule has 1 amide bonds. The molecule has 1 aliphatic rings. The molecule has 1 fully saturated rings. The molecule has 1 saturated heterocycles. The van der Waals surface area contributed by atoms with Crippen molar-refractivity contribution in [2.45, 2.75) is 6.42 Å². The number of para-hydroxylation sites is 2. The first-order valence-corrected chi connectivity index (χ1v) is 9.49. The SMILES string of the molecule is O=C(Nn1cnc2ccccc21)c1ccc(N2CCCS2(=O)=O)cc1. The molecule has 0 atom stereocenters. The number of anilines is 1. The first-order valence-electron chi connectivity index (χ1n) is 7.88. The van der Waals surface area contributed by atoms with Crippen molar-refractivity contribution in [3.8, 4) is 0 Å². The van der Waals surface area contributed by atoms with E-state index in [0.717, 1.165) is 11.0 Å². The molecule has 2 aromatic carbocycles. The molecule has 0 spiro atoms. The van der Waals surface area contributed by atoms with E-state index in [1.807, 2.05) is 24.3 Å². The van der Waals surface area contributed by atoms with Crippen molar-refractivity contribution in [2.75, 3.05) is 22.0 Å². The maximum absolute atomic E-state index is 12.4. The predicted molar refractivity (Wildman–Crippen MR) is 95.6 cm³/mol. The minimum absolute atomic E-state index is 0.170. The van der Waals surface area contributed by atoms with Gasteiger partial charge in [0, 0.05) is 12.1 Å². The lowest BCUT2D eigenvalue weighted by molar-refractivity contribution is 0.101. The molecule has 0 aliphatic carbocycles. The van der Waals surface area contributed by atoms with Crippen LogP contribution in [0, 0.1) is 0 Å². The summed E-state index contributed by atoms with van der Waals surface area (Å²) in [5.41, 5.74) is 5.39. The molecule has 128 valence electrons. The second-order valence-corrected chi connectivity index (χ2v) is 7.85. The van der Waals surface area contributed by atoms with Gasteiger partial charge in [-0.15, -0.1) is 0 Å². The van der Waals surface area contributed by atoms with Crippen molar-refractivity contribution in [2.24, 2.45) is 0 Å². The lowest BCUT2D eigenvalue weighted by Gasteiger charge is -2.17. The van der Waals surface area contributed by atoms with E-state index in [0.29, 0.717) is 24.2 Å². The normalized spacial score (nSPS) is 16.2. The first kappa shape index (κ1) is 15.6. The molecular formula is C17H16N4O3S.